The van der Waals surface area contributed by atoms with Crippen molar-refractivity contribution in [1.29, 1.82) is 0 Å². The first-order valence-electron chi connectivity index (χ1n) is 10.7. The number of hydrogen-bond donors (Lipinski definition) is 1. The molecule has 0 aromatic heterocycles. The van der Waals surface area contributed by atoms with Crippen molar-refractivity contribution in [3.63, 3.8) is 0 Å². The lowest BCUT2D eigenvalue weighted by Gasteiger charge is -2.24. The second-order valence-electron chi connectivity index (χ2n) is 8.40. The lowest BCUT2D eigenvalue weighted by atomic mass is 9.93. The quantitative estimate of drug-likeness (QED) is 0.745. The number of benzene rings is 1. The maximum absolute atomic E-state index is 12.6. The van der Waals surface area contributed by atoms with E-state index in [-0.39, 0.29) is 17.9 Å². The molecule has 0 radical (unpaired) electrons. The van der Waals surface area contributed by atoms with E-state index in [0.29, 0.717) is 11.8 Å². The summed E-state index contributed by atoms with van der Waals surface area (Å²) in [4.78, 5) is 15.0. The Morgan fingerprint density at radius 1 is 1.26 bits per heavy atom. The lowest BCUT2D eigenvalue weighted by molar-refractivity contribution is -0.125. The molecular formula is C23H32N2O2. The zero-order valence-electron chi connectivity index (χ0n) is 16.4. The van der Waals surface area contributed by atoms with Gasteiger partial charge in [0.15, 0.2) is 0 Å². The van der Waals surface area contributed by atoms with Crippen LogP contribution in [0.25, 0.3) is 0 Å². The number of unbranched alkanes of at least 4 members (excludes halogenated alkanes) is 1. The molecule has 1 fully saturated rings. The smallest absolute Gasteiger partial charge is 0.223 e. The van der Waals surface area contributed by atoms with E-state index in [4.69, 9.17) is 4.74 Å². The molecule has 1 N–H and O–H groups in total. The highest BCUT2D eigenvalue weighted by molar-refractivity contribution is 5.79. The van der Waals surface area contributed by atoms with Gasteiger partial charge >= 0.3 is 0 Å². The predicted octanol–water partition coefficient (Wildman–Crippen LogP) is 3.77. The molecule has 1 aromatic carbocycles. The molecule has 27 heavy (non-hydrogen) atoms. The van der Waals surface area contributed by atoms with Crippen molar-refractivity contribution in [2.24, 2.45) is 17.8 Å². The number of fused-ring (bicyclic) bond motifs is 3. The van der Waals surface area contributed by atoms with Crippen molar-refractivity contribution in [2.75, 3.05) is 19.6 Å². The van der Waals surface area contributed by atoms with Crippen LogP contribution in [0.5, 0.6) is 5.75 Å². The summed E-state index contributed by atoms with van der Waals surface area (Å²) in [5.41, 5.74) is 1.25. The molecule has 1 aromatic rings. The third-order valence-corrected chi connectivity index (χ3v) is 6.34. The number of carbonyl (C=O) groups is 1. The second kappa shape index (κ2) is 8.47. The number of hydrogen-bond acceptors (Lipinski definition) is 3. The summed E-state index contributed by atoms with van der Waals surface area (Å²) in [6, 6.07) is 8.37. The molecule has 2 aliphatic carbocycles. The van der Waals surface area contributed by atoms with Gasteiger partial charge in [-0.1, -0.05) is 43.7 Å². The molecule has 4 atom stereocenters. The van der Waals surface area contributed by atoms with E-state index in [0.717, 1.165) is 44.8 Å². The van der Waals surface area contributed by atoms with E-state index in [2.05, 4.69) is 53.6 Å². The van der Waals surface area contributed by atoms with Crippen LogP contribution >= 0.6 is 0 Å². The highest BCUT2D eigenvalue weighted by atomic mass is 16.5. The number of rotatable bonds is 7. The number of amides is 1. The minimum absolute atomic E-state index is 0.200. The minimum atomic E-state index is 0.200. The topological polar surface area (TPSA) is 41.6 Å². The summed E-state index contributed by atoms with van der Waals surface area (Å²) in [5.74, 6) is 2.60. The van der Waals surface area contributed by atoms with E-state index < -0.39 is 0 Å². The van der Waals surface area contributed by atoms with Gasteiger partial charge in [0.05, 0.1) is 0 Å². The van der Waals surface area contributed by atoms with Crippen molar-refractivity contribution >= 4 is 5.91 Å². The van der Waals surface area contributed by atoms with Gasteiger partial charge in [0.1, 0.15) is 11.9 Å². The Hall–Kier alpha value is -1.81. The van der Waals surface area contributed by atoms with Gasteiger partial charge in [0, 0.05) is 37.7 Å². The molecule has 4 heteroatoms. The second-order valence-corrected chi connectivity index (χ2v) is 8.40. The minimum Gasteiger partial charge on any atom is -0.489 e. The fraction of sp³-hybridized carbons (Fsp3) is 0.609. The van der Waals surface area contributed by atoms with Crippen LogP contribution in [-0.2, 0) is 11.3 Å². The molecule has 3 aliphatic rings. The number of nitrogens with one attached hydrogen (secondary N) is 1. The Bertz CT molecular complexity index is 687. The predicted molar refractivity (Wildman–Crippen MR) is 108 cm³/mol. The number of ether oxygens (including phenoxy) is 1. The Morgan fingerprint density at radius 2 is 2.15 bits per heavy atom. The van der Waals surface area contributed by atoms with Gasteiger partial charge in [-0.25, -0.2) is 0 Å². The number of carbonyl (C=O) groups excluding carboxylic acids is 1. The van der Waals surface area contributed by atoms with Crippen LogP contribution in [0.4, 0.5) is 0 Å². The Balaban J connectivity index is 1.31. The summed E-state index contributed by atoms with van der Waals surface area (Å²) in [7, 11) is 0. The molecule has 0 spiro atoms. The van der Waals surface area contributed by atoms with Crippen LogP contribution < -0.4 is 10.1 Å². The van der Waals surface area contributed by atoms with Crippen molar-refractivity contribution in [2.45, 2.75) is 51.7 Å². The summed E-state index contributed by atoms with van der Waals surface area (Å²) >= 11 is 0. The van der Waals surface area contributed by atoms with E-state index >= 15 is 0 Å². The number of allylic oxidation sites excluding steroid dienone is 2. The first-order chi connectivity index (χ1) is 13.2. The largest absolute Gasteiger partial charge is 0.489 e. The standard InChI is InChI=1S/C23H32N2O2/c1-2-3-7-20-16-25(15-19-6-4-5-8-22(19)27-20)12-11-24-23(26)21-14-17-9-10-18(21)13-17/h4-6,8-10,17-18,20-21H,2-3,7,11-16H2,1H3,(H,24,26)/t17-,18+,20?,21+/m0/s1. The lowest BCUT2D eigenvalue weighted by Crippen LogP contribution is -2.40. The molecular weight excluding hydrogens is 336 g/mol. The van der Waals surface area contributed by atoms with Gasteiger partial charge in [-0.15, -0.1) is 0 Å². The number of nitrogens with zero attached hydrogens (tertiary/aromatic N) is 1. The SMILES string of the molecule is CCCCC1CN(CCNC(=O)[C@@H]2C[C@H]3C=C[C@@H]2C3)Cc2ccccc2O1. The molecule has 1 amide bonds. The average molecular weight is 369 g/mol. The normalized spacial score (nSPS) is 29.2. The molecule has 1 heterocycles. The molecule has 1 aliphatic heterocycles. The third kappa shape index (κ3) is 4.37. The Labute approximate surface area is 163 Å². The third-order valence-electron chi connectivity index (χ3n) is 6.34. The monoisotopic (exact) mass is 368 g/mol. The molecule has 4 nitrogen and oxygen atoms in total. The summed E-state index contributed by atoms with van der Waals surface area (Å²) in [5, 5.41) is 3.20. The Kier molecular flexibility index (Phi) is 5.82. The van der Waals surface area contributed by atoms with E-state index in [1.807, 2.05) is 0 Å². The maximum Gasteiger partial charge on any atom is 0.223 e. The maximum atomic E-state index is 12.6. The van der Waals surface area contributed by atoms with Crippen LogP contribution in [0.1, 0.15) is 44.6 Å². The van der Waals surface area contributed by atoms with Crippen molar-refractivity contribution in [3.05, 3.63) is 42.0 Å². The van der Waals surface area contributed by atoms with Gasteiger partial charge in [-0.05, 0) is 43.6 Å². The van der Waals surface area contributed by atoms with Crippen LogP contribution in [0.15, 0.2) is 36.4 Å². The van der Waals surface area contributed by atoms with Gasteiger partial charge < -0.3 is 10.1 Å². The van der Waals surface area contributed by atoms with E-state index in [1.54, 1.807) is 0 Å². The Morgan fingerprint density at radius 3 is 2.93 bits per heavy atom. The highest BCUT2D eigenvalue weighted by Crippen LogP contribution is 2.43. The van der Waals surface area contributed by atoms with Crippen molar-refractivity contribution in [3.8, 4) is 5.75 Å². The summed E-state index contributed by atoms with van der Waals surface area (Å²) < 4.78 is 6.29. The fourth-order valence-electron chi connectivity index (χ4n) is 4.86. The number of para-hydroxylation sites is 1. The molecule has 1 saturated carbocycles. The van der Waals surface area contributed by atoms with Gasteiger partial charge in [0.25, 0.3) is 0 Å². The van der Waals surface area contributed by atoms with Crippen LogP contribution in [0, 0.1) is 17.8 Å². The van der Waals surface area contributed by atoms with Crippen LogP contribution in [-0.4, -0.2) is 36.5 Å². The first kappa shape index (κ1) is 18.5. The van der Waals surface area contributed by atoms with Gasteiger partial charge in [-0.3, -0.25) is 9.69 Å². The molecule has 2 bridgehead atoms. The zero-order chi connectivity index (χ0) is 18.6. The zero-order valence-corrected chi connectivity index (χ0v) is 16.4. The van der Waals surface area contributed by atoms with Crippen molar-refractivity contribution in [1.82, 2.24) is 10.2 Å². The summed E-state index contributed by atoms with van der Waals surface area (Å²) in [6.07, 6.45) is 10.5. The van der Waals surface area contributed by atoms with E-state index in [9.17, 15) is 4.79 Å². The fourth-order valence-corrected chi connectivity index (χ4v) is 4.86. The summed E-state index contributed by atoms with van der Waals surface area (Å²) in [6.45, 7) is 5.65. The van der Waals surface area contributed by atoms with Gasteiger partial charge in [0.2, 0.25) is 5.91 Å². The highest BCUT2D eigenvalue weighted by Gasteiger charge is 2.39. The molecule has 146 valence electrons. The molecule has 4 rings (SSSR count). The van der Waals surface area contributed by atoms with Gasteiger partial charge in [-0.2, -0.15) is 0 Å². The molecule has 0 saturated heterocycles. The molecule has 1 unspecified atom stereocenters. The van der Waals surface area contributed by atoms with Crippen LogP contribution in [0.3, 0.4) is 0 Å². The first-order valence-corrected chi connectivity index (χ1v) is 10.7. The van der Waals surface area contributed by atoms with Crippen molar-refractivity contribution < 1.29 is 9.53 Å². The van der Waals surface area contributed by atoms with E-state index in [1.165, 1.54) is 24.8 Å². The van der Waals surface area contributed by atoms with Crippen LogP contribution in [0.2, 0.25) is 0 Å². The average Bonchev–Trinajstić information content (AvgIpc) is 3.26.